The highest BCUT2D eigenvalue weighted by Crippen LogP contribution is 2.13. The first-order valence-corrected chi connectivity index (χ1v) is 6.95. The highest BCUT2D eigenvalue weighted by atomic mass is 16.5. The van der Waals surface area contributed by atoms with Crippen LogP contribution in [0.15, 0.2) is 16.8 Å². The van der Waals surface area contributed by atoms with Crippen molar-refractivity contribution >= 4 is 6.03 Å². The van der Waals surface area contributed by atoms with Crippen molar-refractivity contribution in [1.29, 1.82) is 0 Å². The quantitative estimate of drug-likeness (QED) is 0.885. The molecule has 2 aromatic rings. The van der Waals surface area contributed by atoms with Crippen molar-refractivity contribution in [2.75, 3.05) is 7.05 Å². The van der Waals surface area contributed by atoms with Gasteiger partial charge in [-0.25, -0.2) is 9.78 Å². The van der Waals surface area contributed by atoms with Gasteiger partial charge in [-0.05, 0) is 20.3 Å². The fraction of sp³-hybridized carbons (Fsp3) is 0.500. The number of hydrogen-bond donors (Lipinski definition) is 2. The van der Waals surface area contributed by atoms with Gasteiger partial charge in [0.2, 0.25) is 0 Å². The van der Waals surface area contributed by atoms with Crippen molar-refractivity contribution in [3.05, 3.63) is 35.2 Å². The fourth-order valence-corrected chi connectivity index (χ4v) is 2.04. The lowest BCUT2D eigenvalue weighted by atomic mass is 10.2. The van der Waals surface area contributed by atoms with Crippen LogP contribution in [-0.2, 0) is 6.54 Å². The van der Waals surface area contributed by atoms with E-state index < -0.39 is 0 Å². The number of carbonyl (C=O) groups excluding carboxylic acids is 1. The fourth-order valence-electron chi connectivity index (χ4n) is 2.04. The first-order valence-electron chi connectivity index (χ1n) is 6.95. The van der Waals surface area contributed by atoms with Crippen molar-refractivity contribution in [1.82, 2.24) is 25.3 Å². The highest BCUT2D eigenvalue weighted by molar-refractivity contribution is 5.74. The molecule has 0 fully saturated rings. The van der Waals surface area contributed by atoms with Crippen LogP contribution >= 0.6 is 0 Å². The van der Waals surface area contributed by atoms with Gasteiger partial charge in [0.05, 0.1) is 12.6 Å². The lowest BCUT2D eigenvalue weighted by Crippen LogP contribution is -2.39. The first-order chi connectivity index (χ1) is 9.99. The van der Waals surface area contributed by atoms with Gasteiger partial charge in [0.15, 0.2) is 0 Å². The van der Waals surface area contributed by atoms with E-state index in [1.807, 2.05) is 26.8 Å². The van der Waals surface area contributed by atoms with E-state index in [0.717, 1.165) is 29.4 Å². The molecule has 2 rings (SSSR count). The Labute approximate surface area is 123 Å². The number of aryl methyl sites for hydroxylation is 2. The average molecular weight is 291 g/mol. The van der Waals surface area contributed by atoms with Crippen molar-refractivity contribution in [3.8, 4) is 0 Å². The summed E-state index contributed by atoms with van der Waals surface area (Å²) in [6.07, 6.45) is 2.52. The molecule has 0 saturated carbocycles. The predicted octanol–water partition coefficient (Wildman–Crippen LogP) is 2.31. The Morgan fingerprint density at radius 3 is 2.81 bits per heavy atom. The molecule has 0 aliphatic rings. The van der Waals surface area contributed by atoms with Crippen LogP contribution < -0.4 is 5.32 Å². The number of urea groups is 1. The van der Waals surface area contributed by atoms with Crippen LogP contribution in [0.5, 0.6) is 0 Å². The van der Waals surface area contributed by atoms with Gasteiger partial charge >= 0.3 is 6.03 Å². The van der Waals surface area contributed by atoms with E-state index >= 15 is 0 Å². The van der Waals surface area contributed by atoms with Gasteiger partial charge in [-0.2, -0.15) is 0 Å². The van der Waals surface area contributed by atoms with Crippen molar-refractivity contribution in [3.63, 3.8) is 0 Å². The molecule has 0 aliphatic heterocycles. The van der Waals surface area contributed by atoms with Gasteiger partial charge in [-0.15, -0.1) is 0 Å². The van der Waals surface area contributed by atoms with E-state index in [-0.39, 0.29) is 12.1 Å². The molecule has 21 heavy (non-hydrogen) atoms. The summed E-state index contributed by atoms with van der Waals surface area (Å²) in [6, 6.07) is 1.51. The summed E-state index contributed by atoms with van der Waals surface area (Å²) in [4.78, 5) is 21.2. The Morgan fingerprint density at radius 2 is 2.29 bits per heavy atom. The standard InChI is InChI=1S/C14H21N5O2/c1-5-12(13-15-7-9(2)16-13)17-14(20)19(4)8-11-6-10(3)21-18-11/h6-7,12H,5,8H2,1-4H3,(H,15,16)(H,17,20). The van der Waals surface area contributed by atoms with E-state index in [4.69, 9.17) is 4.52 Å². The van der Waals surface area contributed by atoms with E-state index in [1.165, 1.54) is 0 Å². The lowest BCUT2D eigenvalue weighted by Gasteiger charge is -2.21. The molecule has 0 spiro atoms. The summed E-state index contributed by atoms with van der Waals surface area (Å²) in [7, 11) is 1.72. The van der Waals surface area contributed by atoms with Gasteiger partial charge in [-0.3, -0.25) is 0 Å². The van der Waals surface area contributed by atoms with Crippen LogP contribution in [0.4, 0.5) is 4.79 Å². The van der Waals surface area contributed by atoms with E-state index in [9.17, 15) is 4.79 Å². The smallest absolute Gasteiger partial charge is 0.318 e. The maximum Gasteiger partial charge on any atom is 0.318 e. The number of rotatable bonds is 5. The Kier molecular flexibility index (Phi) is 4.62. The van der Waals surface area contributed by atoms with Crippen LogP contribution in [-0.4, -0.2) is 33.1 Å². The molecule has 0 aromatic carbocycles. The predicted molar refractivity (Wildman–Crippen MR) is 77.6 cm³/mol. The number of aromatic amines is 1. The van der Waals surface area contributed by atoms with Crippen LogP contribution in [0.2, 0.25) is 0 Å². The second-order valence-corrected chi connectivity index (χ2v) is 5.15. The molecule has 0 bridgehead atoms. The number of aromatic nitrogens is 3. The van der Waals surface area contributed by atoms with Crippen molar-refractivity contribution in [2.24, 2.45) is 0 Å². The summed E-state index contributed by atoms with van der Waals surface area (Å²) in [5.41, 5.74) is 1.70. The molecule has 2 amide bonds. The van der Waals surface area contributed by atoms with Crippen LogP contribution in [0.25, 0.3) is 0 Å². The number of nitrogens with zero attached hydrogens (tertiary/aromatic N) is 3. The zero-order chi connectivity index (χ0) is 15.4. The number of nitrogens with one attached hydrogen (secondary N) is 2. The topological polar surface area (TPSA) is 87.1 Å². The van der Waals surface area contributed by atoms with Gasteiger partial charge in [0, 0.05) is 25.0 Å². The summed E-state index contributed by atoms with van der Waals surface area (Å²) in [5, 5.41) is 6.84. The SMILES string of the molecule is CCC(NC(=O)N(C)Cc1cc(C)on1)c1ncc(C)[nH]1. The monoisotopic (exact) mass is 291 g/mol. The highest BCUT2D eigenvalue weighted by Gasteiger charge is 2.18. The Morgan fingerprint density at radius 1 is 1.52 bits per heavy atom. The molecule has 2 aromatic heterocycles. The van der Waals surface area contributed by atoms with Crippen molar-refractivity contribution < 1.29 is 9.32 Å². The van der Waals surface area contributed by atoms with Gasteiger partial charge < -0.3 is 19.7 Å². The number of H-pyrrole nitrogens is 1. The molecular weight excluding hydrogens is 270 g/mol. The Balaban J connectivity index is 1.95. The molecule has 0 aliphatic carbocycles. The minimum absolute atomic E-state index is 0.132. The summed E-state index contributed by atoms with van der Waals surface area (Å²) < 4.78 is 5.00. The molecule has 2 N–H and O–H groups in total. The second kappa shape index (κ2) is 6.43. The zero-order valence-electron chi connectivity index (χ0n) is 12.8. The molecule has 1 unspecified atom stereocenters. The van der Waals surface area contributed by atoms with E-state index in [0.29, 0.717) is 6.54 Å². The normalized spacial score (nSPS) is 12.2. The molecule has 2 heterocycles. The number of carbonyl (C=O) groups is 1. The maximum absolute atomic E-state index is 12.2. The van der Waals surface area contributed by atoms with Gasteiger partial charge in [-0.1, -0.05) is 12.1 Å². The number of amides is 2. The first kappa shape index (κ1) is 15.1. The third-order valence-corrected chi connectivity index (χ3v) is 3.18. The van der Waals surface area contributed by atoms with Crippen LogP contribution in [0.1, 0.15) is 42.4 Å². The molecule has 0 saturated heterocycles. The number of imidazole rings is 1. The lowest BCUT2D eigenvalue weighted by molar-refractivity contribution is 0.200. The van der Waals surface area contributed by atoms with Gasteiger partial charge in [0.25, 0.3) is 0 Å². The largest absolute Gasteiger partial charge is 0.361 e. The number of hydrogen-bond acceptors (Lipinski definition) is 4. The summed E-state index contributed by atoms with van der Waals surface area (Å²) in [5.74, 6) is 1.50. The van der Waals surface area contributed by atoms with Crippen molar-refractivity contribution in [2.45, 2.75) is 39.8 Å². The Hall–Kier alpha value is -2.31. The van der Waals surface area contributed by atoms with Gasteiger partial charge in [0.1, 0.15) is 17.3 Å². The second-order valence-electron chi connectivity index (χ2n) is 5.15. The molecule has 114 valence electrons. The maximum atomic E-state index is 12.2. The Bertz CT molecular complexity index is 604. The molecular formula is C14H21N5O2. The summed E-state index contributed by atoms with van der Waals surface area (Å²) in [6.45, 7) is 6.16. The molecule has 0 radical (unpaired) electrons. The van der Waals surface area contributed by atoms with E-state index in [1.54, 1.807) is 18.1 Å². The third kappa shape index (κ3) is 3.84. The summed E-state index contributed by atoms with van der Waals surface area (Å²) >= 11 is 0. The average Bonchev–Trinajstić information content (AvgIpc) is 3.04. The molecule has 7 heteroatoms. The van der Waals surface area contributed by atoms with Crippen LogP contribution in [0, 0.1) is 13.8 Å². The van der Waals surface area contributed by atoms with E-state index in [2.05, 4.69) is 20.4 Å². The molecule has 1 atom stereocenters. The zero-order valence-corrected chi connectivity index (χ0v) is 12.8. The minimum atomic E-state index is -0.170. The minimum Gasteiger partial charge on any atom is -0.361 e. The van der Waals surface area contributed by atoms with Crippen LogP contribution in [0.3, 0.4) is 0 Å². The third-order valence-electron chi connectivity index (χ3n) is 3.18. The molecule has 7 nitrogen and oxygen atoms in total.